The highest BCUT2D eigenvalue weighted by molar-refractivity contribution is 7.89. The summed E-state index contributed by atoms with van der Waals surface area (Å²) in [5, 5.41) is 4.40. The van der Waals surface area contributed by atoms with Crippen LogP contribution in [0.5, 0.6) is 0 Å². The second-order valence-electron chi connectivity index (χ2n) is 8.58. The van der Waals surface area contributed by atoms with Crippen LogP contribution in [0.4, 0.5) is 10.5 Å². The van der Waals surface area contributed by atoms with Crippen LogP contribution < -0.4 is 4.90 Å². The summed E-state index contributed by atoms with van der Waals surface area (Å²) in [5.41, 5.74) is 1.50. The Balaban J connectivity index is 1.16. The van der Waals surface area contributed by atoms with Crippen molar-refractivity contribution in [3.63, 3.8) is 0 Å². The summed E-state index contributed by atoms with van der Waals surface area (Å²) >= 11 is 11.9. The van der Waals surface area contributed by atoms with Gasteiger partial charge in [-0.15, -0.1) is 0 Å². The van der Waals surface area contributed by atoms with Crippen molar-refractivity contribution >= 4 is 45.0 Å². The number of amides is 1. The average molecular weight is 552 g/mol. The number of hydrogen-bond donors (Lipinski definition) is 0. The number of hydrogen-bond acceptors (Lipinski definition) is 8. The van der Waals surface area contributed by atoms with Crippen LogP contribution in [0.3, 0.4) is 0 Å². The Bertz CT molecular complexity index is 1370. The van der Waals surface area contributed by atoms with Crippen LogP contribution in [0, 0.1) is 6.92 Å². The summed E-state index contributed by atoms with van der Waals surface area (Å²) in [6.07, 6.45) is -0.737. The highest BCUT2D eigenvalue weighted by atomic mass is 35.5. The maximum atomic E-state index is 13.0. The van der Waals surface area contributed by atoms with Gasteiger partial charge in [0.05, 0.1) is 21.5 Å². The third-order valence-electron chi connectivity index (χ3n) is 6.16. The van der Waals surface area contributed by atoms with E-state index in [-0.39, 0.29) is 16.0 Å². The molecule has 1 aromatic heterocycles. The summed E-state index contributed by atoms with van der Waals surface area (Å²) in [5.74, 6) is 0.967. The zero-order valence-electron chi connectivity index (χ0n) is 19.3. The van der Waals surface area contributed by atoms with E-state index >= 15 is 0 Å². The highest BCUT2D eigenvalue weighted by Crippen LogP contribution is 2.28. The third-order valence-corrected chi connectivity index (χ3v) is 8.79. The first-order valence-electron chi connectivity index (χ1n) is 11.3. The van der Waals surface area contributed by atoms with Crippen molar-refractivity contribution < 1.29 is 22.5 Å². The van der Waals surface area contributed by atoms with Crippen LogP contribution in [0.2, 0.25) is 10.0 Å². The molecule has 2 aliphatic rings. The number of rotatable bonds is 6. The quantitative estimate of drug-likeness (QED) is 0.456. The van der Waals surface area contributed by atoms with Crippen LogP contribution in [0.25, 0.3) is 11.4 Å². The molecule has 3 heterocycles. The average Bonchev–Trinajstić information content (AvgIpc) is 3.46. The van der Waals surface area contributed by atoms with Crippen molar-refractivity contribution in [1.29, 1.82) is 0 Å². The van der Waals surface area contributed by atoms with Crippen molar-refractivity contribution in [2.24, 2.45) is 0 Å². The third kappa shape index (κ3) is 5.07. The lowest BCUT2D eigenvalue weighted by molar-refractivity contribution is 0.0937. The molecule has 13 heteroatoms. The molecule has 2 aliphatic heterocycles. The van der Waals surface area contributed by atoms with Gasteiger partial charge in [0.25, 0.3) is 0 Å². The van der Waals surface area contributed by atoms with E-state index in [9.17, 15) is 13.2 Å². The number of anilines is 1. The molecule has 2 saturated heterocycles. The van der Waals surface area contributed by atoms with Crippen molar-refractivity contribution in [1.82, 2.24) is 19.3 Å². The number of carbonyl (C=O) groups excluding carboxylic acids is 1. The first-order chi connectivity index (χ1) is 17.2. The van der Waals surface area contributed by atoms with E-state index in [2.05, 4.69) is 15.0 Å². The van der Waals surface area contributed by atoms with Gasteiger partial charge in [0.15, 0.2) is 0 Å². The maximum Gasteiger partial charge on any atom is 0.414 e. The van der Waals surface area contributed by atoms with Crippen LogP contribution in [0.15, 0.2) is 51.9 Å². The molecule has 0 saturated carbocycles. The Morgan fingerprint density at radius 3 is 2.39 bits per heavy atom. The van der Waals surface area contributed by atoms with Gasteiger partial charge in [-0.25, -0.2) is 13.2 Å². The van der Waals surface area contributed by atoms with E-state index in [0.29, 0.717) is 61.7 Å². The lowest BCUT2D eigenvalue weighted by Gasteiger charge is -2.34. The smallest absolute Gasteiger partial charge is 0.414 e. The van der Waals surface area contributed by atoms with E-state index in [4.69, 9.17) is 32.5 Å². The van der Waals surface area contributed by atoms with E-state index in [1.165, 1.54) is 22.5 Å². The normalized spacial score (nSPS) is 19.6. The van der Waals surface area contributed by atoms with Gasteiger partial charge in [-0.1, -0.05) is 28.4 Å². The van der Waals surface area contributed by atoms with Crippen molar-refractivity contribution in [3.8, 4) is 11.4 Å². The molecule has 3 aromatic rings. The van der Waals surface area contributed by atoms with E-state index in [1.54, 1.807) is 11.8 Å². The Labute approximate surface area is 218 Å². The van der Waals surface area contributed by atoms with Gasteiger partial charge < -0.3 is 9.26 Å². The van der Waals surface area contributed by atoms with E-state index < -0.39 is 16.1 Å². The summed E-state index contributed by atoms with van der Waals surface area (Å²) in [6, 6.07) is 11.6. The minimum Gasteiger partial charge on any atom is -0.443 e. The first-order valence-corrected chi connectivity index (χ1v) is 13.5. The standard InChI is InChI=1S/C23H23Cl2N5O5S/c1-15-26-22(27-35-15)16-2-4-17(5-3-16)30-14-18(34-23(30)31)13-28-8-10-29(11-9-28)36(32,33)19-6-7-20(24)21(25)12-19/h2-7,12,18H,8-11,13-14H2,1H3. The molecule has 10 nitrogen and oxygen atoms in total. The lowest BCUT2D eigenvalue weighted by atomic mass is 10.2. The Kier molecular flexibility index (Phi) is 6.92. The molecule has 36 heavy (non-hydrogen) atoms. The van der Waals surface area contributed by atoms with Gasteiger partial charge >= 0.3 is 6.09 Å². The molecule has 1 unspecified atom stereocenters. The summed E-state index contributed by atoms with van der Waals surface area (Å²) in [6.45, 7) is 4.33. The topological polar surface area (TPSA) is 109 Å². The van der Waals surface area contributed by atoms with Gasteiger partial charge in [-0.3, -0.25) is 9.80 Å². The minimum atomic E-state index is -3.67. The fourth-order valence-corrected chi connectivity index (χ4v) is 6.07. The van der Waals surface area contributed by atoms with Crippen molar-refractivity contribution in [2.75, 3.05) is 44.2 Å². The van der Waals surface area contributed by atoms with Gasteiger partial charge in [0.2, 0.25) is 21.7 Å². The monoisotopic (exact) mass is 551 g/mol. The zero-order chi connectivity index (χ0) is 25.4. The Morgan fingerprint density at radius 2 is 1.75 bits per heavy atom. The molecule has 190 valence electrons. The number of carbonyl (C=O) groups is 1. The number of nitrogens with zero attached hydrogens (tertiary/aromatic N) is 5. The van der Waals surface area contributed by atoms with Crippen LogP contribution in [-0.2, 0) is 14.8 Å². The molecule has 0 N–H and O–H groups in total. The molecule has 5 rings (SSSR count). The number of halogens is 2. The Morgan fingerprint density at radius 1 is 1.03 bits per heavy atom. The number of cyclic esters (lactones) is 1. The fourth-order valence-electron chi connectivity index (χ4n) is 4.26. The van der Waals surface area contributed by atoms with Crippen LogP contribution in [0.1, 0.15) is 5.89 Å². The second kappa shape index (κ2) is 9.98. The molecular formula is C23H23Cl2N5O5S. The van der Waals surface area contributed by atoms with Crippen molar-refractivity contribution in [2.45, 2.75) is 17.9 Å². The molecule has 0 radical (unpaired) electrons. The number of ether oxygens (including phenoxy) is 1. The molecule has 1 amide bonds. The molecule has 2 fully saturated rings. The number of benzene rings is 2. The summed E-state index contributed by atoms with van der Waals surface area (Å²) in [4.78, 5) is 20.5. The number of piperazine rings is 1. The molecule has 0 bridgehead atoms. The molecule has 2 aromatic carbocycles. The number of sulfonamides is 1. The second-order valence-corrected chi connectivity index (χ2v) is 11.3. The fraction of sp³-hybridized carbons (Fsp3) is 0.348. The molecule has 0 spiro atoms. The lowest BCUT2D eigenvalue weighted by Crippen LogP contribution is -2.50. The number of aromatic nitrogens is 2. The van der Waals surface area contributed by atoms with E-state index in [1.807, 2.05) is 24.3 Å². The Hall–Kier alpha value is -2.70. The van der Waals surface area contributed by atoms with Crippen LogP contribution in [-0.4, -0.2) is 79.2 Å². The number of aryl methyl sites for hydroxylation is 1. The zero-order valence-corrected chi connectivity index (χ0v) is 21.6. The van der Waals surface area contributed by atoms with Gasteiger partial charge in [-0.05, 0) is 42.5 Å². The maximum absolute atomic E-state index is 13.0. The first kappa shape index (κ1) is 25.0. The van der Waals surface area contributed by atoms with Crippen LogP contribution >= 0.6 is 23.2 Å². The largest absolute Gasteiger partial charge is 0.443 e. The predicted octanol–water partition coefficient (Wildman–Crippen LogP) is 3.68. The summed E-state index contributed by atoms with van der Waals surface area (Å²) < 4.78 is 38.0. The minimum absolute atomic E-state index is 0.117. The van der Waals surface area contributed by atoms with Crippen molar-refractivity contribution in [3.05, 3.63) is 58.4 Å². The SMILES string of the molecule is Cc1nc(-c2ccc(N3CC(CN4CCN(S(=O)(=O)c5ccc(Cl)c(Cl)c5)CC4)OC3=O)cc2)no1. The molecular weight excluding hydrogens is 529 g/mol. The van der Waals surface area contributed by atoms with Gasteiger partial charge in [0, 0.05) is 50.9 Å². The van der Waals surface area contributed by atoms with Gasteiger partial charge in [0.1, 0.15) is 6.10 Å². The highest BCUT2D eigenvalue weighted by Gasteiger charge is 2.35. The predicted molar refractivity (Wildman–Crippen MR) is 134 cm³/mol. The van der Waals surface area contributed by atoms with Gasteiger partial charge in [-0.2, -0.15) is 9.29 Å². The van der Waals surface area contributed by atoms with E-state index in [0.717, 1.165) is 5.56 Å². The molecule has 0 aliphatic carbocycles. The summed E-state index contributed by atoms with van der Waals surface area (Å²) in [7, 11) is -3.67. The molecule has 1 atom stereocenters.